The van der Waals surface area contributed by atoms with Crippen molar-refractivity contribution >= 4 is 17.2 Å². The molecule has 0 spiro atoms. The average Bonchev–Trinajstić information content (AvgIpc) is 2.29. The molecule has 4 heteroatoms. The first-order valence-corrected chi connectivity index (χ1v) is 5.30. The van der Waals surface area contributed by atoms with Crippen molar-refractivity contribution in [1.82, 2.24) is 10.3 Å². The van der Waals surface area contributed by atoms with E-state index in [4.69, 9.17) is 16.3 Å². The Balaban J connectivity index is 2.36. The lowest BCUT2D eigenvalue weighted by atomic mass is 10.0. The summed E-state index contributed by atoms with van der Waals surface area (Å²) in [5.74, 6) is 0.649. The Morgan fingerprint density at radius 1 is 1.60 bits per heavy atom. The second-order valence-corrected chi connectivity index (χ2v) is 3.96. The number of ether oxygens (including phenoxy) is 1. The van der Waals surface area contributed by atoms with Gasteiger partial charge in [0.05, 0.1) is 12.5 Å². The van der Waals surface area contributed by atoms with Crippen LogP contribution >= 0.6 is 11.6 Å². The second-order valence-electron chi connectivity index (χ2n) is 3.40. The van der Waals surface area contributed by atoms with E-state index in [-0.39, 0.29) is 5.38 Å². The van der Waals surface area contributed by atoms with Gasteiger partial charge in [0.1, 0.15) is 0 Å². The zero-order chi connectivity index (χ0) is 10.7. The molecular weight excluding hydrogens is 212 g/mol. The molecule has 1 atom stereocenters. The van der Waals surface area contributed by atoms with E-state index in [0.29, 0.717) is 5.88 Å². The summed E-state index contributed by atoms with van der Waals surface area (Å²) in [5.41, 5.74) is 2.16. The molecule has 0 radical (unpaired) electrons. The van der Waals surface area contributed by atoms with Crippen LogP contribution in [0.1, 0.15) is 5.56 Å². The van der Waals surface area contributed by atoms with Gasteiger partial charge in [-0.2, -0.15) is 0 Å². The summed E-state index contributed by atoms with van der Waals surface area (Å²) in [6.45, 7) is 1.62. The van der Waals surface area contributed by atoms with Crippen molar-refractivity contribution in [1.29, 1.82) is 0 Å². The maximum Gasteiger partial charge on any atom is 0.220 e. The van der Waals surface area contributed by atoms with Crippen LogP contribution in [0.25, 0.3) is 5.57 Å². The third kappa shape index (κ3) is 2.30. The summed E-state index contributed by atoms with van der Waals surface area (Å²) in [4.78, 5) is 4.16. The molecule has 1 aliphatic rings. The Hall–Kier alpha value is -1.06. The van der Waals surface area contributed by atoms with Crippen LogP contribution in [0.15, 0.2) is 24.4 Å². The number of nitrogens with zero attached hydrogens (tertiary/aromatic N) is 1. The van der Waals surface area contributed by atoms with E-state index in [1.807, 2.05) is 12.1 Å². The van der Waals surface area contributed by atoms with Gasteiger partial charge in [0.15, 0.2) is 0 Å². The van der Waals surface area contributed by atoms with Crippen LogP contribution in [0.4, 0.5) is 0 Å². The van der Waals surface area contributed by atoms with E-state index in [0.717, 1.165) is 24.2 Å². The molecule has 1 N–H and O–H groups in total. The van der Waals surface area contributed by atoms with Crippen molar-refractivity contribution in [3.63, 3.8) is 0 Å². The van der Waals surface area contributed by atoms with Crippen molar-refractivity contribution in [2.75, 3.05) is 20.2 Å². The van der Waals surface area contributed by atoms with E-state index in [2.05, 4.69) is 16.4 Å². The van der Waals surface area contributed by atoms with Crippen LogP contribution < -0.4 is 10.1 Å². The molecule has 0 aromatic carbocycles. The molecule has 80 valence electrons. The molecule has 0 aliphatic carbocycles. The van der Waals surface area contributed by atoms with Gasteiger partial charge in [-0.05, 0) is 17.7 Å². The SMILES string of the molecule is COc1ncccc1C1=CC(Cl)CNC1. The molecule has 3 nitrogen and oxygen atoms in total. The van der Waals surface area contributed by atoms with E-state index in [1.54, 1.807) is 13.3 Å². The first kappa shape index (κ1) is 10.5. The lowest BCUT2D eigenvalue weighted by Crippen LogP contribution is -2.29. The van der Waals surface area contributed by atoms with Crippen LogP contribution in [-0.4, -0.2) is 30.6 Å². The maximum atomic E-state index is 6.06. The standard InChI is InChI=1S/C11H13ClN2O/c1-15-11-10(3-2-4-14-11)8-5-9(12)7-13-6-8/h2-5,9,13H,6-7H2,1H3. The molecular formula is C11H13ClN2O. The van der Waals surface area contributed by atoms with E-state index >= 15 is 0 Å². The molecule has 15 heavy (non-hydrogen) atoms. The zero-order valence-electron chi connectivity index (χ0n) is 8.53. The van der Waals surface area contributed by atoms with Gasteiger partial charge in [0, 0.05) is 24.8 Å². The van der Waals surface area contributed by atoms with Crippen LogP contribution in [-0.2, 0) is 0 Å². The summed E-state index contributed by atoms with van der Waals surface area (Å²) in [7, 11) is 1.63. The molecule has 1 aliphatic heterocycles. The molecule has 0 fully saturated rings. The first-order chi connectivity index (χ1) is 7.31. The van der Waals surface area contributed by atoms with Crippen molar-refractivity contribution in [3.8, 4) is 5.88 Å². The number of hydrogen-bond donors (Lipinski definition) is 1. The number of pyridine rings is 1. The zero-order valence-corrected chi connectivity index (χ0v) is 9.29. The van der Waals surface area contributed by atoms with Gasteiger partial charge >= 0.3 is 0 Å². The number of alkyl halides is 1. The molecule has 1 unspecified atom stereocenters. The van der Waals surface area contributed by atoms with E-state index in [1.165, 1.54) is 0 Å². The Labute approximate surface area is 94.1 Å². The average molecular weight is 225 g/mol. The van der Waals surface area contributed by atoms with Crippen LogP contribution in [0, 0.1) is 0 Å². The van der Waals surface area contributed by atoms with E-state index in [9.17, 15) is 0 Å². The van der Waals surface area contributed by atoms with Gasteiger partial charge in [-0.1, -0.05) is 6.08 Å². The summed E-state index contributed by atoms with van der Waals surface area (Å²) in [6, 6.07) is 3.89. The van der Waals surface area contributed by atoms with Crippen molar-refractivity contribution in [2.45, 2.75) is 5.38 Å². The maximum absolute atomic E-state index is 6.06. The molecule has 2 heterocycles. The molecule has 2 rings (SSSR count). The lowest BCUT2D eigenvalue weighted by Gasteiger charge is -2.19. The number of aromatic nitrogens is 1. The number of nitrogens with one attached hydrogen (secondary N) is 1. The Bertz CT molecular complexity index is 379. The summed E-state index contributed by atoms with van der Waals surface area (Å²) in [5, 5.41) is 3.29. The van der Waals surface area contributed by atoms with Crippen LogP contribution in [0.3, 0.4) is 0 Å². The topological polar surface area (TPSA) is 34.1 Å². The van der Waals surface area contributed by atoms with Gasteiger partial charge in [-0.25, -0.2) is 4.98 Å². The molecule has 0 saturated carbocycles. The number of methoxy groups -OCH3 is 1. The fourth-order valence-corrected chi connectivity index (χ4v) is 1.92. The van der Waals surface area contributed by atoms with E-state index < -0.39 is 0 Å². The highest BCUT2D eigenvalue weighted by Crippen LogP contribution is 2.25. The number of hydrogen-bond acceptors (Lipinski definition) is 3. The van der Waals surface area contributed by atoms with Gasteiger partial charge in [0.2, 0.25) is 5.88 Å². The Morgan fingerprint density at radius 3 is 3.20 bits per heavy atom. The van der Waals surface area contributed by atoms with Gasteiger partial charge in [0.25, 0.3) is 0 Å². The predicted octanol–water partition coefficient (Wildman–Crippen LogP) is 1.68. The predicted molar refractivity (Wildman–Crippen MR) is 61.3 cm³/mol. The summed E-state index contributed by atoms with van der Waals surface area (Å²) in [6.07, 6.45) is 3.77. The van der Waals surface area contributed by atoms with Gasteiger partial charge in [-0.15, -0.1) is 11.6 Å². The van der Waals surface area contributed by atoms with Crippen LogP contribution in [0.5, 0.6) is 5.88 Å². The first-order valence-electron chi connectivity index (χ1n) is 4.86. The third-order valence-corrected chi connectivity index (χ3v) is 2.63. The lowest BCUT2D eigenvalue weighted by molar-refractivity contribution is 0.396. The highest BCUT2D eigenvalue weighted by molar-refractivity contribution is 6.22. The normalized spacial score (nSPS) is 20.9. The summed E-state index contributed by atoms with van der Waals surface area (Å²) >= 11 is 6.06. The fraction of sp³-hybridized carbons (Fsp3) is 0.364. The summed E-state index contributed by atoms with van der Waals surface area (Å²) < 4.78 is 5.21. The largest absolute Gasteiger partial charge is 0.481 e. The molecule has 0 amide bonds. The van der Waals surface area contributed by atoms with Crippen molar-refractivity contribution in [2.24, 2.45) is 0 Å². The minimum atomic E-state index is 0.0404. The van der Waals surface area contributed by atoms with Gasteiger partial charge in [-0.3, -0.25) is 0 Å². The Kier molecular flexibility index (Phi) is 3.23. The fourth-order valence-electron chi connectivity index (χ4n) is 1.66. The smallest absolute Gasteiger partial charge is 0.220 e. The molecule has 0 bridgehead atoms. The second kappa shape index (κ2) is 4.64. The quantitative estimate of drug-likeness (QED) is 0.777. The number of halogens is 1. The Morgan fingerprint density at radius 2 is 2.47 bits per heavy atom. The van der Waals surface area contributed by atoms with Gasteiger partial charge < -0.3 is 10.1 Å². The highest BCUT2D eigenvalue weighted by Gasteiger charge is 2.15. The molecule has 0 saturated heterocycles. The molecule has 1 aromatic rings. The molecule has 1 aromatic heterocycles. The minimum Gasteiger partial charge on any atom is -0.481 e. The van der Waals surface area contributed by atoms with Crippen molar-refractivity contribution < 1.29 is 4.74 Å². The third-order valence-electron chi connectivity index (χ3n) is 2.35. The number of rotatable bonds is 2. The minimum absolute atomic E-state index is 0.0404. The monoisotopic (exact) mass is 224 g/mol. The highest BCUT2D eigenvalue weighted by atomic mass is 35.5. The van der Waals surface area contributed by atoms with Crippen LogP contribution in [0.2, 0.25) is 0 Å². The van der Waals surface area contributed by atoms with Crippen molar-refractivity contribution in [3.05, 3.63) is 30.0 Å².